The summed E-state index contributed by atoms with van der Waals surface area (Å²) in [5.41, 5.74) is 4.24. The molecule has 0 atom stereocenters. The van der Waals surface area contributed by atoms with Gasteiger partial charge in [0.2, 0.25) is 0 Å². The van der Waals surface area contributed by atoms with Crippen molar-refractivity contribution in [1.82, 2.24) is 19.4 Å². The SMILES string of the molecule is CCCCn1c(-c2ccc(OCCc3ccc(Cl)cc3)cc2OCCN2CCCC2)nc2ccc(OCCCN(CC)CC)cc21. The van der Waals surface area contributed by atoms with Crippen LogP contribution in [0, 0.1) is 0 Å². The highest BCUT2D eigenvalue weighted by Gasteiger charge is 2.19. The predicted octanol–water partition coefficient (Wildman–Crippen LogP) is 8.36. The summed E-state index contributed by atoms with van der Waals surface area (Å²) in [6, 6.07) is 20.4. The molecular weight excluding hydrogens is 596 g/mol. The summed E-state index contributed by atoms with van der Waals surface area (Å²) in [4.78, 5) is 10.1. The summed E-state index contributed by atoms with van der Waals surface area (Å²) < 4.78 is 21.3. The van der Waals surface area contributed by atoms with Gasteiger partial charge in [-0.25, -0.2) is 4.98 Å². The summed E-state index contributed by atoms with van der Waals surface area (Å²) in [6.07, 6.45) is 6.50. The van der Waals surface area contributed by atoms with Gasteiger partial charge in [0.25, 0.3) is 0 Å². The average Bonchev–Trinajstić information content (AvgIpc) is 3.73. The van der Waals surface area contributed by atoms with Crippen LogP contribution in [-0.4, -0.2) is 78.4 Å². The number of fused-ring (bicyclic) bond motifs is 1. The van der Waals surface area contributed by atoms with Crippen molar-refractivity contribution < 1.29 is 14.2 Å². The molecule has 1 aliphatic rings. The zero-order chi connectivity index (χ0) is 32.1. The van der Waals surface area contributed by atoms with Gasteiger partial charge in [-0.1, -0.05) is 50.9 Å². The largest absolute Gasteiger partial charge is 0.493 e. The first kappa shape index (κ1) is 34.1. The maximum atomic E-state index is 6.54. The minimum absolute atomic E-state index is 0.570. The molecule has 7 nitrogen and oxygen atoms in total. The van der Waals surface area contributed by atoms with Gasteiger partial charge in [-0.3, -0.25) is 4.90 Å². The van der Waals surface area contributed by atoms with Crippen molar-refractivity contribution in [3.63, 3.8) is 0 Å². The summed E-state index contributed by atoms with van der Waals surface area (Å²) in [7, 11) is 0. The number of imidazole rings is 1. The highest BCUT2D eigenvalue weighted by atomic mass is 35.5. The van der Waals surface area contributed by atoms with E-state index in [4.69, 9.17) is 30.8 Å². The predicted molar refractivity (Wildman–Crippen MR) is 190 cm³/mol. The Morgan fingerprint density at radius 1 is 0.783 bits per heavy atom. The third kappa shape index (κ3) is 9.40. The van der Waals surface area contributed by atoms with E-state index in [2.05, 4.69) is 53.3 Å². The Morgan fingerprint density at radius 2 is 1.52 bits per heavy atom. The van der Waals surface area contributed by atoms with E-state index in [0.29, 0.717) is 19.8 Å². The van der Waals surface area contributed by atoms with Crippen molar-refractivity contribution in [2.45, 2.75) is 65.8 Å². The Labute approximate surface area is 280 Å². The molecule has 46 heavy (non-hydrogen) atoms. The fourth-order valence-corrected chi connectivity index (χ4v) is 6.21. The molecule has 248 valence electrons. The molecule has 4 aromatic rings. The number of hydrogen-bond donors (Lipinski definition) is 0. The van der Waals surface area contributed by atoms with Gasteiger partial charge in [-0.15, -0.1) is 0 Å². The van der Waals surface area contributed by atoms with Crippen molar-refractivity contribution in [1.29, 1.82) is 0 Å². The van der Waals surface area contributed by atoms with Crippen molar-refractivity contribution in [3.8, 4) is 28.6 Å². The van der Waals surface area contributed by atoms with Gasteiger partial charge >= 0.3 is 0 Å². The molecule has 0 bridgehead atoms. The monoisotopic (exact) mass is 646 g/mol. The van der Waals surface area contributed by atoms with Gasteiger partial charge in [-0.2, -0.15) is 0 Å². The van der Waals surface area contributed by atoms with E-state index in [0.717, 1.165) is 116 Å². The van der Waals surface area contributed by atoms with Crippen LogP contribution in [0.15, 0.2) is 60.7 Å². The number of nitrogens with zero attached hydrogens (tertiary/aromatic N) is 4. The van der Waals surface area contributed by atoms with E-state index in [9.17, 15) is 0 Å². The van der Waals surface area contributed by atoms with Crippen LogP contribution in [0.25, 0.3) is 22.4 Å². The van der Waals surface area contributed by atoms with E-state index in [-0.39, 0.29) is 0 Å². The standard InChI is InChI=1S/C38H51ClN4O3/c1-4-7-23-43-36-28-32(44-25-10-22-41(5-2)6-3)16-18-35(36)40-38(43)34-17-15-33(45-26-19-30-11-13-31(39)14-12-30)29-37(34)46-27-24-42-20-8-9-21-42/h11-18,28-29H,4-10,19-27H2,1-3H3. The zero-order valence-electron chi connectivity index (χ0n) is 28.0. The summed E-state index contributed by atoms with van der Waals surface area (Å²) in [5, 5.41) is 0.746. The smallest absolute Gasteiger partial charge is 0.144 e. The highest BCUT2D eigenvalue weighted by molar-refractivity contribution is 6.30. The molecule has 0 amide bonds. The van der Waals surface area contributed by atoms with Crippen LogP contribution in [0.2, 0.25) is 5.02 Å². The van der Waals surface area contributed by atoms with Crippen molar-refractivity contribution in [2.75, 3.05) is 59.1 Å². The van der Waals surface area contributed by atoms with E-state index in [1.165, 1.54) is 18.4 Å². The lowest BCUT2D eigenvalue weighted by Crippen LogP contribution is -2.25. The quantitative estimate of drug-likeness (QED) is 0.0955. The van der Waals surface area contributed by atoms with Gasteiger partial charge in [-0.05, 0) is 93.8 Å². The molecule has 1 fully saturated rings. The van der Waals surface area contributed by atoms with Crippen molar-refractivity contribution in [2.24, 2.45) is 0 Å². The number of ether oxygens (including phenoxy) is 3. The van der Waals surface area contributed by atoms with E-state index < -0.39 is 0 Å². The van der Waals surface area contributed by atoms with Crippen LogP contribution in [-0.2, 0) is 13.0 Å². The Kier molecular flexibility index (Phi) is 13.0. The second-order valence-electron chi connectivity index (χ2n) is 12.1. The Bertz CT molecular complexity index is 1500. The van der Waals surface area contributed by atoms with Gasteiger partial charge in [0.15, 0.2) is 0 Å². The van der Waals surface area contributed by atoms with Crippen molar-refractivity contribution in [3.05, 3.63) is 71.2 Å². The molecule has 0 unspecified atom stereocenters. The first-order valence-electron chi connectivity index (χ1n) is 17.3. The molecule has 0 spiro atoms. The number of rotatable bonds is 19. The average molecular weight is 647 g/mol. The fourth-order valence-electron chi connectivity index (χ4n) is 6.08. The van der Waals surface area contributed by atoms with Gasteiger partial charge < -0.3 is 23.7 Å². The molecule has 0 N–H and O–H groups in total. The van der Waals surface area contributed by atoms with Crippen LogP contribution >= 0.6 is 11.6 Å². The molecule has 1 aromatic heterocycles. The first-order valence-corrected chi connectivity index (χ1v) is 17.7. The minimum Gasteiger partial charge on any atom is -0.493 e. The Balaban J connectivity index is 1.37. The third-order valence-electron chi connectivity index (χ3n) is 8.87. The normalized spacial score (nSPS) is 13.6. The van der Waals surface area contributed by atoms with Crippen molar-refractivity contribution >= 4 is 22.6 Å². The first-order chi connectivity index (χ1) is 22.6. The topological polar surface area (TPSA) is 52.0 Å². The number of likely N-dealkylation sites (tertiary alicyclic amines) is 1. The number of halogens is 1. The van der Waals surface area contributed by atoms with E-state index in [1.807, 2.05) is 42.5 Å². The third-order valence-corrected chi connectivity index (χ3v) is 9.12. The number of benzene rings is 3. The maximum Gasteiger partial charge on any atom is 0.144 e. The number of aryl methyl sites for hydroxylation is 1. The molecule has 8 heteroatoms. The minimum atomic E-state index is 0.570. The van der Waals surface area contributed by atoms with Crippen LogP contribution in [0.5, 0.6) is 17.2 Å². The second-order valence-corrected chi connectivity index (χ2v) is 12.5. The number of unbranched alkanes of at least 4 members (excludes halogenated alkanes) is 1. The van der Waals surface area contributed by atoms with Gasteiger partial charge in [0.05, 0.1) is 29.8 Å². The fraction of sp³-hybridized carbons (Fsp3) is 0.500. The molecule has 0 radical (unpaired) electrons. The molecule has 5 rings (SSSR count). The number of aromatic nitrogens is 2. The Hall–Kier alpha value is -3.26. The lowest BCUT2D eigenvalue weighted by molar-refractivity contribution is 0.237. The summed E-state index contributed by atoms with van der Waals surface area (Å²) in [5.74, 6) is 3.42. The van der Waals surface area contributed by atoms with Crippen LogP contribution < -0.4 is 14.2 Å². The highest BCUT2D eigenvalue weighted by Crippen LogP contribution is 2.36. The molecular formula is C38H51ClN4O3. The van der Waals surface area contributed by atoms with Crippen LogP contribution in [0.1, 0.15) is 58.4 Å². The van der Waals surface area contributed by atoms with E-state index in [1.54, 1.807) is 0 Å². The molecule has 0 aliphatic carbocycles. The molecule has 1 aliphatic heterocycles. The summed E-state index contributed by atoms with van der Waals surface area (Å²) >= 11 is 6.06. The molecule has 1 saturated heterocycles. The van der Waals surface area contributed by atoms with Gasteiger partial charge in [0.1, 0.15) is 29.7 Å². The van der Waals surface area contributed by atoms with E-state index >= 15 is 0 Å². The summed E-state index contributed by atoms with van der Waals surface area (Å²) in [6.45, 7) is 15.8. The lowest BCUT2D eigenvalue weighted by Gasteiger charge is -2.18. The molecule has 0 saturated carbocycles. The van der Waals surface area contributed by atoms with Crippen LogP contribution in [0.4, 0.5) is 0 Å². The zero-order valence-corrected chi connectivity index (χ0v) is 28.7. The Morgan fingerprint density at radius 3 is 2.28 bits per heavy atom. The van der Waals surface area contributed by atoms with Gasteiger partial charge in [0, 0.05) is 43.2 Å². The van der Waals surface area contributed by atoms with Crippen LogP contribution in [0.3, 0.4) is 0 Å². The maximum absolute atomic E-state index is 6.54. The number of hydrogen-bond acceptors (Lipinski definition) is 6. The lowest BCUT2D eigenvalue weighted by atomic mass is 10.1. The molecule has 2 heterocycles. The molecule has 3 aromatic carbocycles. The second kappa shape index (κ2) is 17.6.